The van der Waals surface area contributed by atoms with Gasteiger partial charge in [0.15, 0.2) is 0 Å². The third-order valence-corrected chi connectivity index (χ3v) is 3.96. The molecule has 0 aromatic heterocycles. The predicted octanol–water partition coefficient (Wildman–Crippen LogP) is 2.77. The molecule has 26 heavy (non-hydrogen) atoms. The molecule has 0 atom stereocenters. The van der Waals surface area contributed by atoms with Gasteiger partial charge in [0, 0.05) is 32.1 Å². The van der Waals surface area contributed by atoms with Gasteiger partial charge < -0.3 is 16.0 Å². The standard InChI is InChI=1S/C19H24N4O3/c20-12-6-14-22(15-16-7-2-1-3-8-16)19(24)11-13-21-17-9-4-5-10-18(17)23(25)26/h1-5,7-10,21H,6,11-15,20H2. The lowest BCUT2D eigenvalue weighted by atomic mass is 10.2. The van der Waals surface area contributed by atoms with Gasteiger partial charge >= 0.3 is 0 Å². The first-order valence-electron chi connectivity index (χ1n) is 8.61. The molecule has 0 aliphatic heterocycles. The van der Waals surface area contributed by atoms with Crippen LogP contribution < -0.4 is 11.1 Å². The maximum atomic E-state index is 12.6. The van der Waals surface area contributed by atoms with Gasteiger partial charge in [-0.05, 0) is 24.6 Å². The number of carbonyl (C=O) groups excluding carboxylic acids is 1. The van der Waals surface area contributed by atoms with E-state index in [2.05, 4.69) is 5.32 Å². The molecule has 2 aromatic carbocycles. The van der Waals surface area contributed by atoms with E-state index in [-0.39, 0.29) is 18.0 Å². The van der Waals surface area contributed by atoms with Crippen LogP contribution in [0.25, 0.3) is 0 Å². The average molecular weight is 356 g/mol. The second-order valence-electron chi connectivity index (χ2n) is 5.89. The van der Waals surface area contributed by atoms with Crippen LogP contribution in [0.1, 0.15) is 18.4 Å². The monoisotopic (exact) mass is 356 g/mol. The Morgan fingerprint density at radius 1 is 1.12 bits per heavy atom. The number of nitrogens with zero attached hydrogens (tertiary/aromatic N) is 2. The zero-order valence-electron chi connectivity index (χ0n) is 14.6. The molecule has 7 heteroatoms. The van der Waals surface area contributed by atoms with Gasteiger partial charge in [-0.15, -0.1) is 0 Å². The van der Waals surface area contributed by atoms with Crippen LogP contribution in [0.15, 0.2) is 54.6 Å². The van der Waals surface area contributed by atoms with E-state index in [0.29, 0.717) is 31.9 Å². The summed E-state index contributed by atoms with van der Waals surface area (Å²) in [5.74, 6) is -0.00612. The third-order valence-electron chi connectivity index (χ3n) is 3.96. The SMILES string of the molecule is NCCCN(Cc1ccccc1)C(=O)CCNc1ccccc1[N+](=O)[O-]. The molecule has 1 amide bonds. The van der Waals surface area contributed by atoms with Crippen LogP contribution in [0.2, 0.25) is 0 Å². The first kappa shape index (κ1) is 19.4. The van der Waals surface area contributed by atoms with Crippen molar-refractivity contribution in [3.05, 3.63) is 70.3 Å². The molecule has 2 rings (SSSR count). The van der Waals surface area contributed by atoms with Gasteiger partial charge in [-0.2, -0.15) is 0 Å². The van der Waals surface area contributed by atoms with Gasteiger partial charge in [0.05, 0.1) is 4.92 Å². The van der Waals surface area contributed by atoms with Crippen molar-refractivity contribution in [3.8, 4) is 0 Å². The van der Waals surface area contributed by atoms with Gasteiger partial charge in [0.2, 0.25) is 5.91 Å². The summed E-state index contributed by atoms with van der Waals surface area (Å²) >= 11 is 0. The number of anilines is 1. The molecule has 0 saturated heterocycles. The molecule has 0 radical (unpaired) electrons. The van der Waals surface area contributed by atoms with Crippen LogP contribution in [0.3, 0.4) is 0 Å². The summed E-state index contributed by atoms with van der Waals surface area (Å²) in [6.07, 6.45) is 0.986. The average Bonchev–Trinajstić information content (AvgIpc) is 2.66. The molecule has 0 unspecified atom stereocenters. The van der Waals surface area contributed by atoms with Crippen LogP contribution in [-0.2, 0) is 11.3 Å². The van der Waals surface area contributed by atoms with Gasteiger partial charge in [-0.1, -0.05) is 42.5 Å². The van der Waals surface area contributed by atoms with Crippen molar-refractivity contribution in [3.63, 3.8) is 0 Å². The Hall–Kier alpha value is -2.93. The third kappa shape index (κ3) is 5.86. The number of amides is 1. The highest BCUT2D eigenvalue weighted by Crippen LogP contribution is 2.23. The van der Waals surface area contributed by atoms with Gasteiger partial charge in [-0.25, -0.2) is 0 Å². The normalized spacial score (nSPS) is 10.3. The fourth-order valence-electron chi connectivity index (χ4n) is 2.62. The topological polar surface area (TPSA) is 102 Å². The van der Waals surface area contributed by atoms with Gasteiger partial charge in [0.25, 0.3) is 5.69 Å². The second-order valence-corrected chi connectivity index (χ2v) is 5.89. The molecule has 7 nitrogen and oxygen atoms in total. The minimum atomic E-state index is -0.437. The molecule has 3 N–H and O–H groups in total. The molecule has 0 aliphatic rings. The highest BCUT2D eigenvalue weighted by atomic mass is 16.6. The summed E-state index contributed by atoms with van der Waals surface area (Å²) in [6.45, 7) is 1.98. The van der Waals surface area contributed by atoms with Crippen LogP contribution >= 0.6 is 0 Å². The lowest BCUT2D eigenvalue weighted by Gasteiger charge is -2.23. The number of hydrogen-bond acceptors (Lipinski definition) is 5. The summed E-state index contributed by atoms with van der Waals surface area (Å²) < 4.78 is 0. The highest BCUT2D eigenvalue weighted by molar-refractivity contribution is 5.77. The smallest absolute Gasteiger partial charge is 0.292 e. The number of nitrogens with two attached hydrogens (primary N) is 1. The lowest BCUT2D eigenvalue weighted by Crippen LogP contribution is -2.33. The summed E-state index contributed by atoms with van der Waals surface area (Å²) in [6, 6.07) is 16.2. The van der Waals surface area contributed by atoms with Crippen molar-refractivity contribution in [2.75, 3.05) is 25.0 Å². The summed E-state index contributed by atoms with van der Waals surface area (Å²) in [7, 11) is 0. The van der Waals surface area contributed by atoms with Gasteiger partial charge in [-0.3, -0.25) is 14.9 Å². The molecule has 0 fully saturated rings. The van der Waals surface area contributed by atoms with E-state index in [4.69, 9.17) is 5.73 Å². The van der Waals surface area contributed by atoms with E-state index in [9.17, 15) is 14.9 Å². The zero-order chi connectivity index (χ0) is 18.8. The molecule has 138 valence electrons. The van der Waals surface area contributed by atoms with E-state index >= 15 is 0 Å². The molecular weight excluding hydrogens is 332 g/mol. The number of para-hydroxylation sites is 2. The molecule has 0 bridgehead atoms. The number of carbonyl (C=O) groups is 1. The molecular formula is C19H24N4O3. The van der Waals surface area contributed by atoms with E-state index < -0.39 is 4.92 Å². The number of nitrogens with one attached hydrogen (secondary N) is 1. The Balaban J connectivity index is 1.93. The van der Waals surface area contributed by atoms with Crippen LogP contribution in [0.4, 0.5) is 11.4 Å². The van der Waals surface area contributed by atoms with Crippen molar-refractivity contribution >= 4 is 17.3 Å². The molecule has 0 saturated carbocycles. The molecule has 0 heterocycles. The Morgan fingerprint density at radius 3 is 2.50 bits per heavy atom. The summed E-state index contributed by atoms with van der Waals surface area (Å²) in [5, 5.41) is 14.0. The maximum absolute atomic E-state index is 12.6. The second kappa shape index (κ2) is 10.1. The predicted molar refractivity (Wildman–Crippen MR) is 102 cm³/mol. The molecule has 0 spiro atoms. The zero-order valence-corrected chi connectivity index (χ0v) is 14.6. The van der Waals surface area contributed by atoms with E-state index in [1.165, 1.54) is 6.07 Å². The number of nitro benzene ring substituents is 1. The van der Waals surface area contributed by atoms with Crippen LogP contribution in [0.5, 0.6) is 0 Å². The summed E-state index contributed by atoms with van der Waals surface area (Å²) in [5.41, 5.74) is 7.06. The minimum absolute atomic E-state index is 0.00391. The van der Waals surface area contributed by atoms with Crippen LogP contribution in [-0.4, -0.2) is 35.4 Å². The van der Waals surface area contributed by atoms with Crippen molar-refractivity contribution < 1.29 is 9.72 Å². The summed E-state index contributed by atoms with van der Waals surface area (Å²) in [4.78, 5) is 24.9. The number of nitro groups is 1. The Morgan fingerprint density at radius 2 is 1.81 bits per heavy atom. The van der Waals surface area contributed by atoms with E-state index in [0.717, 1.165) is 12.0 Å². The maximum Gasteiger partial charge on any atom is 0.292 e. The number of rotatable bonds is 10. The Kier molecular flexibility index (Phi) is 7.57. The van der Waals surface area contributed by atoms with Crippen molar-refractivity contribution in [2.45, 2.75) is 19.4 Å². The minimum Gasteiger partial charge on any atom is -0.379 e. The number of benzene rings is 2. The Labute approximate surface area is 153 Å². The first-order chi connectivity index (χ1) is 12.6. The first-order valence-corrected chi connectivity index (χ1v) is 8.61. The van der Waals surface area contributed by atoms with Gasteiger partial charge in [0.1, 0.15) is 5.69 Å². The molecule has 2 aromatic rings. The van der Waals surface area contributed by atoms with Crippen molar-refractivity contribution in [1.29, 1.82) is 0 Å². The van der Waals surface area contributed by atoms with Crippen LogP contribution in [0, 0.1) is 10.1 Å². The Bertz CT molecular complexity index is 722. The number of hydrogen-bond donors (Lipinski definition) is 2. The van der Waals surface area contributed by atoms with E-state index in [1.54, 1.807) is 23.1 Å². The highest BCUT2D eigenvalue weighted by Gasteiger charge is 2.15. The fourth-order valence-corrected chi connectivity index (χ4v) is 2.62. The largest absolute Gasteiger partial charge is 0.379 e. The fraction of sp³-hybridized carbons (Fsp3) is 0.316. The van der Waals surface area contributed by atoms with E-state index in [1.807, 2.05) is 30.3 Å². The molecule has 0 aliphatic carbocycles. The van der Waals surface area contributed by atoms with Crippen molar-refractivity contribution in [1.82, 2.24) is 4.90 Å². The quantitative estimate of drug-likeness (QED) is 0.503. The van der Waals surface area contributed by atoms with Crippen molar-refractivity contribution in [2.24, 2.45) is 5.73 Å². The lowest BCUT2D eigenvalue weighted by molar-refractivity contribution is -0.384.